The summed E-state index contributed by atoms with van der Waals surface area (Å²) in [5.41, 5.74) is 1.70. The molecule has 2 rings (SSSR count). The Hall–Kier alpha value is -1.36. The van der Waals surface area contributed by atoms with Crippen LogP contribution in [0.4, 0.5) is 0 Å². The Morgan fingerprint density at radius 2 is 1.86 bits per heavy atom. The van der Waals surface area contributed by atoms with E-state index in [1.807, 2.05) is 24.3 Å². The van der Waals surface area contributed by atoms with Crippen LogP contribution >= 0.6 is 23.4 Å². The second-order valence-corrected chi connectivity index (χ2v) is 6.24. The molecule has 0 aliphatic heterocycles. The lowest BCUT2D eigenvalue weighted by Crippen LogP contribution is -2.07. The average Bonchev–Trinajstić information content (AvgIpc) is 2.53. The number of hydrogen-bond acceptors (Lipinski definition) is 4. The van der Waals surface area contributed by atoms with Gasteiger partial charge in [-0.25, -0.2) is 0 Å². The average molecular weight is 322 g/mol. The van der Waals surface area contributed by atoms with Gasteiger partial charge in [-0.3, -0.25) is 9.78 Å². The van der Waals surface area contributed by atoms with Gasteiger partial charge in [0.15, 0.2) is 5.78 Å². The Balaban J connectivity index is 2.12. The summed E-state index contributed by atoms with van der Waals surface area (Å²) in [6, 6.07) is 10.9. The lowest BCUT2D eigenvalue weighted by molar-refractivity contribution is 0.0982. The molecule has 110 valence electrons. The predicted molar refractivity (Wildman–Crippen MR) is 86.9 cm³/mol. The molecular formula is C16H16ClNO2S. The second-order valence-electron chi connectivity index (χ2n) is 4.50. The van der Waals surface area contributed by atoms with Crippen LogP contribution in [0.2, 0.25) is 5.02 Å². The van der Waals surface area contributed by atoms with E-state index in [1.54, 1.807) is 36.3 Å². The number of carbonyl (C=O) groups is 1. The van der Waals surface area contributed by atoms with Crippen molar-refractivity contribution < 1.29 is 9.90 Å². The number of aliphatic hydroxyl groups excluding tert-OH is 1. The minimum absolute atomic E-state index is 0.00934. The summed E-state index contributed by atoms with van der Waals surface area (Å²) in [5, 5.41) is 9.70. The Morgan fingerprint density at radius 1 is 1.19 bits per heavy atom. The van der Waals surface area contributed by atoms with Crippen LogP contribution in [-0.2, 0) is 0 Å². The molecule has 1 aromatic carbocycles. The molecule has 0 bridgehead atoms. The third-order valence-electron chi connectivity index (χ3n) is 3.03. The zero-order chi connectivity index (χ0) is 15.1. The summed E-state index contributed by atoms with van der Waals surface area (Å²) in [6.07, 6.45) is 3.62. The molecule has 1 N–H and O–H groups in total. The highest BCUT2D eigenvalue weighted by Crippen LogP contribution is 2.33. The fourth-order valence-electron chi connectivity index (χ4n) is 1.97. The highest BCUT2D eigenvalue weighted by Gasteiger charge is 2.17. The number of hydrogen-bond donors (Lipinski definition) is 1. The standard InChI is InChI=1S/C16H16ClNO2S/c17-14-3-1-13(2-4-14)16(21-10-9-19)11-15(20)12-5-7-18-8-6-12/h1-8,16,19H,9-11H2. The van der Waals surface area contributed by atoms with Gasteiger partial charge in [0.05, 0.1) is 6.61 Å². The molecule has 0 amide bonds. The van der Waals surface area contributed by atoms with Crippen molar-refractivity contribution in [2.75, 3.05) is 12.4 Å². The maximum Gasteiger partial charge on any atom is 0.164 e. The van der Waals surface area contributed by atoms with E-state index in [0.29, 0.717) is 22.8 Å². The number of halogens is 1. The monoisotopic (exact) mass is 321 g/mol. The summed E-state index contributed by atoms with van der Waals surface area (Å²) in [5.74, 6) is 0.666. The molecule has 1 atom stereocenters. The van der Waals surface area contributed by atoms with Crippen molar-refractivity contribution in [3.63, 3.8) is 0 Å². The number of aliphatic hydroxyl groups is 1. The smallest absolute Gasteiger partial charge is 0.164 e. The first kappa shape index (κ1) is 16.0. The zero-order valence-electron chi connectivity index (χ0n) is 11.4. The van der Waals surface area contributed by atoms with Gasteiger partial charge in [0.2, 0.25) is 0 Å². The summed E-state index contributed by atoms with van der Waals surface area (Å²) in [6.45, 7) is 0.0954. The third kappa shape index (κ3) is 4.84. The van der Waals surface area contributed by atoms with E-state index in [-0.39, 0.29) is 17.6 Å². The van der Waals surface area contributed by atoms with Crippen LogP contribution in [-0.4, -0.2) is 28.2 Å². The van der Waals surface area contributed by atoms with E-state index >= 15 is 0 Å². The van der Waals surface area contributed by atoms with Gasteiger partial charge in [-0.05, 0) is 29.8 Å². The van der Waals surface area contributed by atoms with Gasteiger partial charge >= 0.3 is 0 Å². The Kier molecular flexibility index (Phi) is 6.23. The van der Waals surface area contributed by atoms with Gasteiger partial charge in [0, 0.05) is 40.4 Å². The van der Waals surface area contributed by atoms with Gasteiger partial charge in [-0.2, -0.15) is 11.8 Å². The fraction of sp³-hybridized carbons (Fsp3) is 0.250. The summed E-state index contributed by atoms with van der Waals surface area (Å²) < 4.78 is 0. The van der Waals surface area contributed by atoms with Gasteiger partial charge in [-0.15, -0.1) is 0 Å². The van der Waals surface area contributed by atoms with Crippen LogP contribution in [0.1, 0.15) is 27.6 Å². The number of benzene rings is 1. The van der Waals surface area contributed by atoms with E-state index < -0.39 is 0 Å². The number of carbonyl (C=O) groups excluding carboxylic acids is 1. The van der Waals surface area contributed by atoms with Crippen LogP contribution < -0.4 is 0 Å². The second kappa shape index (κ2) is 8.17. The molecule has 0 radical (unpaired) electrons. The quantitative estimate of drug-likeness (QED) is 0.789. The molecule has 5 heteroatoms. The van der Waals surface area contributed by atoms with Gasteiger partial charge < -0.3 is 5.11 Å². The van der Waals surface area contributed by atoms with Crippen molar-refractivity contribution in [3.05, 3.63) is 64.9 Å². The summed E-state index contributed by atoms with van der Waals surface area (Å²) in [4.78, 5) is 16.2. The molecule has 21 heavy (non-hydrogen) atoms. The van der Waals surface area contributed by atoms with Crippen molar-refractivity contribution >= 4 is 29.1 Å². The molecule has 1 aromatic heterocycles. The molecule has 3 nitrogen and oxygen atoms in total. The zero-order valence-corrected chi connectivity index (χ0v) is 13.0. The molecule has 1 unspecified atom stereocenters. The third-order valence-corrected chi connectivity index (χ3v) is 4.54. The highest BCUT2D eigenvalue weighted by atomic mass is 35.5. The van der Waals surface area contributed by atoms with Crippen molar-refractivity contribution in [2.45, 2.75) is 11.7 Å². The number of Topliss-reactive ketones (excluding diaryl/α,β-unsaturated/α-hetero) is 1. The maximum absolute atomic E-state index is 12.3. The minimum atomic E-state index is 0.00934. The lowest BCUT2D eigenvalue weighted by Gasteiger charge is -2.16. The van der Waals surface area contributed by atoms with Crippen molar-refractivity contribution in [2.24, 2.45) is 0 Å². The first-order chi connectivity index (χ1) is 10.2. The molecular weight excluding hydrogens is 306 g/mol. The molecule has 0 saturated carbocycles. The molecule has 0 aliphatic rings. The number of pyridine rings is 1. The van der Waals surface area contributed by atoms with Crippen LogP contribution in [0.15, 0.2) is 48.8 Å². The Labute approximate surface area is 133 Å². The molecule has 2 aromatic rings. The predicted octanol–water partition coefficient (Wildman–Crippen LogP) is 3.77. The van der Waals surface area contributed by atoms with Crippen LogP contribution in [0.3, 0.4) is 0 Å². The number of thioether (sulfide) groups is 1. The summed E-state index contributed by atoms with van der Waals surface area (Å²) >= 11 is 7.48. The van der Waals surface area contributed by atoms with Crippen molar-refractivity contribution in [1.82, 2.24) is 4.98 Å². The number of ketones is 1. The van der Waals surface area contributed by atoms with E-state index in [1.165, 1.54) is 0 Å². The van der Waals surface area contributed by atoms with E-state index in [0.717, 1.165) is 5.56 Å². The number of rotatable bonds is 7. The van der Waals surface area contributed by atoms with E-state index in [9.17, 15) is 4.79 Å². The maximum atomic E-state index is 12.3. The van der Waals surface area contributed by atoms with Crippen LogP contribution in [0.25, 0.3) is 0 Å². The molecule has 1 heterocycles. The lowest BCUT2D eigenvalue weighted by atomic mass is 10.0. The van der Waals surface area contributed by atoms with Crippen LogP contribution in [0.5, 0.6) is 0 Å². The molecule has 0 saturated heterocycles. The van der Waals surface area contributed by atoms with Crippen molar-refractivity contribution in [3.8, 4) is 0 Å². The van der Waals surface area contributed by atoms with Crippen molar-refractivity contribution in [1.29, 1.82) is 0 Å². The topological polar surface area (TPSA) is 50.2 Å². The Morgan fingerprint density at radius 3 is 2.48 bits per heavy atom. The molecule has 0 fully saturated rings. The largest absolute Gasteiger partial charge is 0.396 e. The minimum Gasteiger partial charge on any atom is -0.396 e. The summed E-state index contributed by atoms with van der Waals surface area (Å²) in [7, 11) is 0. The van der Waals surface area contributed by atoms with E-state index in [4.69, 9.17) is 16.7 Å². The first-order valence-corrected chi connectivity index (χ1v) is 8.04. The Bertz CT molecular complexity index is 575. The molecule has 0 spiro atoms. The fourth-order valence-corrected chi connectivity index (χ4v) is 3.10. The highest BCUT2D eigenvalue weighted by molar-refractivity contribution is 7.99. The number of nitrogens with zero attached hydrogens (tertiary/aromatic N) is 1. The van der Waals surface area contributed by atoms with Crippen LogP contribution in [0, 0.1) is 0 Å². The SMILES string of the molecule is O=C(CC(SCCO)c1ccc(Cl)cc1)c1ccncc1. The van der Waals surface area contributed by atoms with Gasteiger partial charge in [-0.1, -0.05) is 23.7 Å². The first-order valence-electron chi connectivity index (χ1n) is 6.62. The molecule has 0 aliphatic carbocycles. The van der Waals surface area contributed by atoms with Gasteiger partial charge in [0.25, 0.3) is 0 Å². The van der Waals surface area contributed by atoms with Gasteiger partial charge in [0.1, 0.15) is 0 Å². The van der Waals surface area contributed by atoms with E-state index in [2.05, 4.69) is 4.98 Å². The number of aromatic nitrogens is 1. The normalized spacial score (nSPS) is 12.1.